The number of hydrogen-bond acceptors (Lipinski definition) is 6. The molecular formula is C18H17N3O3S. The molecule has 1 aromatic carbocycles. The Morgan fingerprint density at radius 2 is 2.24 bits per heavy atom. The molecule has 0 fully saturated rings. The number of aromatic nitrogens is 2. The third kappa shape index (κ3) is 4.54. The summed E-state index contributed by atoms with van der Waals surface area (Å²) in [6, 6.07) is 10.8. The Hall–Kier alpha value is -2.93. The molecule has 0 atom stereocenters. The van der Waals surface area contributed by atoms with Gasteiger partial charge in [-0.1, -0.05) is 23.9 Å². The first-order chi connectivity index (χ1) is 12.1. The molecule has 0 aliphatic carbocycles. The molecule has 1 N–H and O–H groups in total. The molecule has 7 heteroatoms. The van der Waals surface area contributed by atoms with Crippen LogP contribution < -0.4 is 10.1 Å². The van der Waals surface area contributed by atoms with Crippen LogP contribution in [-0.2, 0) is 6.54 Å². The van der Waals surface area contributed by atoms with E-state index in [0.29, 0.717) is 29.6 Å². The van der Waals surface area contributed by atoms with E-state index in [-0.39, 0.29) is 12.5 Å². The lowest BCUT2D eigenvalue weighted by Gasteiger charge is -2.07. The van der Waals surface area contributed by atoms with Crippen molar-refractivity contribution in [3.8, 4) is 16.5 Å². The lowest BCUT2D eigenvalue weighted by Crippen LogP contribution is -2.23. The lowest BCUT2D eigenvalue weighted by atomic mass is 10.2. The van der Waals surface area contributed by atoms with Gasteiger partial charge in [0.25, 0.3) is 5.91 Å². The van der Waals surface area contributed by atoms with Crippen LogP contribution in [-0.4, -0.2) is 22.7 Å². The van der Waals surface area contributed by atoms with E-state index in [9.17, 15) is 4.79 Å². The van der Waals surface area contributed by atoms with Crippen molar-refractivity contribution in [3.63, 3.8) is 0 Å². The van der Waals surface area contributed by atoms with Crippen LogP contribution in [0.3, 0.4) is 0 Å². The number of nitrogens with zero attached hydrogens (tertiary/aromatic N) is 2. The number of ether oxygens (including phenoxy) is 1. The van der Waals surface area contributed by atoms with Crippen molar-refractivity contribution in [3.05, 3.63) is 65.4 Å². The first-order valence-electron chi connectivity index (χ1n) is 7.64. The van der Waals surface area contributed by atoms with E-state index in [1.54, 1.807) is 24.3 Å². The van der Waals surface area contributed by atoms with Gasteiger partial charge < -0.3 is 14.6 Å². The van der Waals surface area contributed by atoms with Crippen LogP contribution in [0.4, 0.5) is 0 Å². The highest BCUT2D eigenvalue weighted by Gasteiger charge is 2.12. The molecule has 0 saturated carbocycles. The van der Waals surface area contributed by atoms with Crippen molar-refractivity contribution >= 4 is 17.2 Å². The molecule has 0 spiro atoms. The molecule has 0 bridgehead atoms. The fourth-order valence-electron chi connectivity index (χ4n) is 2.02. The fourth-order valence-corrected chi connectivity index (χ4v) is 2.67. The SMILES string of the molecule is C=C(C)COc1cccc(C(=O)NCc2nc(-c3cccs3)no2)c1. The summed E-state index contributed by atoms with van der Waals surface area (Å²) in [5.41, 5.74) is 1.41. The van der Waals surface area contributed by atoms with E-state index in [1.165, 1.54) is 11.3 Å². The highest BCUT2D eigenvalue weighted by Crippen LogP contribution is 2.21. The second-order valence-electron chi connectivity index (χ2n) is 5.45. The van der Waals surface area contributed by atoms with Gasteiger partial charge in [0.05, 0.1) is 11.4 Å². The monoisotopic (exact) mass is 355 g/mol. The van der Waals surface area contributed by atoms with E-state index in [1.807, 2.05) is 24.4 Å². The van der Waals surface area contributed by atoms with Gasteiger partial charge in [0.2, 0.25) is 11.7 Å². The quantitative estimate of drug-likeness (QED) is 0.654. The number of rotatable bonds is 7. The molecular weight excluding hydrogens is 338 g/mol. The van der Waals surface area contributed by atoms with Crippen molar-refractivity contribution in [1.29, 1.82) is 0 Å². The molecule has 0 unspecified atom stereocenters. The molecule has 1 amide bonds. The van der Waals surface area contributed by atoms with Crippen LogP contribution in [0.5, 0.6) is 5.75 Å². The number of benzene rings is 1. The van der Waals surface area contributed by atoms with Crippen molar-refractivity contribution in [2.75, 3.05) is 6.61 Å². The van der Waals surface area contributed by atoms with Crippen LogP contribution in [0.15, 0.2) is 58.5 Å². The third-order valence-electron chi connectivity index (χ3n) is 3.19. The summed E-state index contributed by atoms with van der Waals surface area (Å²) in [5, 5.41) is 8.61. The Kier molecular flexibility index (Phi) is 5.25. The van der Waals surface area contributed by atoms with Gasteiger partial charge in [0.1, 0.15) is 12.4 Å². The number of carbonyl (C=O) groups is 1. The molecule has 0 radical (unpaired) electrons. The maximum absolute atomic E-state index is 12.3. The maximum Gasteiger partial charge on any atom is 0.251 e. The van der Waals surface area contributed by atoms with Crippen molar-refractivity contribution < 1.29 is 14.1 Å². The van der Waals surface area contributed by atoms with Gasteiger partial charge in [0, 0.05) is 5.56 Å². The smallest absolute Gasteiger partial charge is 0.251 e. The summed E-state index contributed by atoms with van der Waals surface area (Å²) in [6.45, 7) is 6.24. The first kappa shape index (κ1) is 16.9. The molecule has 3 aromatic rings. The number of amides is 1. The summed E-state index contributed by atoms with van der Waals surface area (Å²) in [5.74, 6) is 1.26. The van der Waals surface area contributed by atoms with Crippen LogP contribution >= 0.6 is 11.3 Å². The zero-order valence-electron chi connectivity index (χ0n) is 13.7. The summed E-state index contributed by atoms with van der Waals surface area (Å²) in [6.07, 6.45) is 0. The average molecular weight is 355 g/mol. The van der Waals surface area contributed by atoms with E-state index >= 15 is 0 Å². The van der Waals surface area contributed by atoms with Gasteiger partial charge >= 0.3 is 0 Å². The molecule has 0 aliphatic rings. The Balaban J connectivity index is 1.59. The van der Waals surface area contributed by atoms with Crippen LogP contribution in [0.25, 0.3) is 10.7 Å². The average Bonchev–Trinajstić information content (AvgIpc) is 3.29. The second-order valence-corrected chi connectivity index (χ2v) is 6.39. The van der Waals surface area contributed by atoms with Crippen LogP contribution in [0.2, 0.25) is 0 Å². The highest BCUT2D eigenvalue weighted by atomic mass is 32.1. The highest BCUT2D eigenvalue weighted by molar-refractivity contribution is 7.13. The summed E-state index contributed by atoms with van der Waals surface area (Å²) >= 11 is 1.53. The van der Waals surface area contributed by atoms with Gasteiger partial charge in [-0.2, -0.15) is 4.98 Å². The van der Waals surface area contributed by atoms with Gasteiger partial charge in [-0.3, -0.25) is 4.79 Å². The predicted octanol–water partition coefficient (Wildman–Crippen LogP) is 3.68. The number of carbonyl (C=O) groups excluding carboxylic acids is 1. The minimum absolute atomic E-state index is 0.161. The molecule has 128 valence electrons. The van der Waals surface area contributed by atoms with Gasteiger partial charge in [0.15, 0.2) is 0 Å². The zero-order chi connectivity index (χ0) is 17.6. The van der Waals surface area contributed by atoms with Crippen molar-refractivity contribution in [2.24, 2.45) is 0 Å². The second kappa shape index (κ2) is 7.76. The molecule has 2 heterocycles. The number of hydrogen-bond donors (Lipinski definition) is 1. The predicted molar refractivity (Wildman–Crippen MR) is 95.5 cm³/mol. The summed E-state index contributed by atoms with van der Waals surface area (Å²) in [7, 11) is 0. The standard InChI is InChI=1S/C18H17N3O3S/c1-12(2)11-23-14-6-3-5-13(9-14)18(22)19-10-16-20-17(21-24-16)15-7-4-8-25-15/h3-9H,1,10-11H2,2H3,(H,19,22). The summed E-state index contributed by atoms with van der Waals surface area (Å²) < 4.78 is 10.7. The lowest BCUT2D eigenvalue weighted by molar-refractivity contribution is 0.0946. The first-order valence-corrected chi connectivity index (χ1v) is 8.51. The van der Waals surface area contributed by atoms with E-state index in [0.717, 1.165) is 10.5 Å². The Morgan fingerprint density at radius 1 is 1.36 bits per heavy atom. The Morgan fingerprint density at radius 3 is 3.00 bits per heavy atom. The minimum atomic E-state index is -0.239. The fraction of sp³-hybridized carbons (Fsp3) is 0.167. The van der Waals surface area contributed by atoms with E-state index in [4.69, 9.17) is 9.26 Å². The maximum atomic E-state index is 12.3. The minimum Gasteiger partial charge on any atom is -0.489 e. The Labute approximate surface area is 149 Å². The van der Waals surface area contributed by atoms with Gasteiger partial charge in [-0.05, 0) is 42.1 Å². The summed E-state index contributed by atoms with van der Waals surface area (Å²) in [4.78, 5) is 17.5. The Bertz CT molecular complexity index is 871. The normalized spacial score (nSPS) is 10.4. The third-order valence-corrected chi connectivity index (χ3v) is 4.06. The van der Waals surface area contributed by atoms with Gasteiger partial charge in [-0.25, -0.2) is 0 Å². The van der Waals surface area contributed by atoms with Crippen LogP contribution in [0.1, 0.15) is 23.2 Å². The number of thiophene rings is 1. The number of nitrogens with one attached hydrogen (secondary N) is 1. The molecule has 2 aromatic heterocycles. The molecule has 0 saturated heterocycles. The molecule has 3 rings (SSSR count). The van der Waals surface area contributed by atoms with E-state index < -0.39 is 0 Å². The molecule has 0 aliphatic heterocycles. The van der Waals surface area contributed by atoms with Gasteiger partial charge in [-0.15, -0.1) is 11.3 Å². The molecule has 6 nitrogen and oxygen atoms in total. The van der Waals surface area contributed by atoms with Crippen molar-refractivity contribution in [1.82, 2.24) is 15.5 Å². The van der Waals surface area contributed by atoms with E-state index in [2.05, 4.69) is 22.0 Å². The van der Waals surface area contributed by atoms with Crippen molar-refractivity contribution in [2.45, 2.75) is 13.5 Å². The molecule has 25 heavy (non-hydrogen) atoms. The van der Waals surface area contributed by atoms with Crippen LogP contribution in [0, 0.1) is 0 Å². The largest absolute Gasteiger partial charge is 0.489 e. The zero-order valence-corrected chi connectivity index (χ0v) is 14.5. The topological polar surface area (TPSA) is 77.2 Å².